The highest BCUT2D eigenvalue weighted by Gasteiger charge is 2.66. The minimum absolute atomic E-state index is 0.220. The summed E-state index contributed by atoms with van der Waals surface area (Å²) in [6.07, 6.45) is 1.54. The molecule has 1 fully saturated rings. The number of aromatic nitrogens is 1. The molecule has 140 valence electrons. The number of rotatable bonds is 6. The first kappa shape index (κ1) is 18.6. The number of nitrogens with zero attached hydrogens (tertiary/aromatic N) is 1. The van der Waals surface area contributed by atoms with Gasteiger partial charge in [-0.05, 0) is 26.0 Å². The van der Waals surface area contributed by atoms with Gasteiger partial charge in [-0.1, -0.05) is 13.8 Å². The molecule has 0 radical (unpaired) electrons. The SMILES string of the molecule is CCOC1CC(NC(=O)c2nc(-c3ccco3)sc2C)(C(=O)O)C1(C)C. The minimum Gasteiger partial charge on any atom is -0.479 e. The van der Waals surface area contributed by atoms with E-state index in [-0.39, 0.29) is 18.2 Å². The van der Waals surface area contributed by atoms with Crippen LogP contribution in [0.1, 0.15) is 42.6 Å². The van der Waals surface area contributed by atoms with Gasteiger partial charge in [0.1, 0.15) is 11.2 Å². The highest BCUT2D eigenvalue weighted by atomic mass is 32.1. The highest BCUT2D eigenvalue weighted by Crippen LogP contribution is 2.51. The standard InChI is InChI=1S/C18H22N2O5S/c1-5-24-12-9-18(16(22)23,17(12,3)4)20-14(21)13-10(2)26-15(19-13)11-7-6-8-25-11/h6-8,12H,5,9H2,1-4H3,(H,20,21)(H,22,23). The van der Waals surface area contributed by atoms with E-state index in [1.54, 1.807) is 32.9 Å². The van der Waals surface area contributed by atoms with E-state index in [1.807, 2.05) is 6.92 Å². The average molecular weight is 378 g/mol. The highest BCUT2D eigenvalue weighted by molar-refractivity contribution is 7.15. The number of hydrogen-bond donors (Lipinski definition) is 2. The van der Waals surface area contributed by atoms with Crippen molar-refractivity contribution >= 4 is 23.2 Å². The van der Waals surface area contributed by atoms with E-state index >= 15 is 0 Å². The lowest BCUT2D eigenvalue weighted by Crippen LogP contribution is -2.76. The van der Waals surface area contributed by atoms with Crippen LogP contribution in [0.5, 0.6) is 0 Å². The maximum Gasteiger partial charge on any atom is 0.330 e. The lowest BCUT2D eigenvalue weighted by Gasteiger charge is -2.58. The van der Waals surface area contributed by atoms with Gasteiger partial charge in [-0.3, -0.25) is 4.79 Å². The molecule has 1 amide bonds. The number of carboxylic acid groups (broad SMARTS) is 1. The third-order valence-corrected chi connectivity index (χ3v) is 6.19. The molecule has 2 aromatic heterocycles. The maximum absolute atomic E-state index is 12.8. The Morgan fingerprint density at radius 1 is 1.50 bits per heavy atom. The summed E-state index contributed by atoms with van der Waals surface area (Å²) in [6, 6.07) is 3.51. The Hall–Kier alpha value is -2.19. The molecule has 2 atom stereocenters. The topological polar surface area (TPSA) is 102 Å². The van der Waals surface area contributed by atoms with Crippen LogP contribution in [-0.2, 0) is 9.53 Å². The number of nitrogens with one attached hydrogen (secondary N) is 1. The number of carboxylic acids is 1. The summed E-state index contributed by atoms with van der Waals surface area (Å²) in [5.74, 6) is -0.988. The van der Waals surface area contributed by atoms with Crippen molar-refractivity contribution in [1.29, 1.82) is 0 Å². The van der Waals surface area contributed by atoms with Gasteiger partial charge in [0.25, 0.3) is 5.91 Å². The summed E-state index contributed by atoms with van der Waals surface area (Å²) in [7, 11) is 0. The fraction of sp³-hybridized carbons (Fsp3) is 0.500. The second kappa shape index (κ2) is 6.51. The fourth-order valence-corrected chi connectivity index (χ4v) is 4.28. The second-order valence-electron chi connectivity index (χ2n) is 6.94. The van der Waals surface area contributed by atoms with Crippen molar-refractivity contribution in [2.45, 2.75) is 45.8 Å². The van der Waals surface area contributed by atoms with E-state index in [1.165, 1.54) is 17.6 Å². The molecule has 7 nitrogen and oxygen atoms in total. The number of aryl methyl sites for hydroxylation is 1. The summed E-state index contributed by atoms with van der Waals surface area (Å²) >= 11 is 1.33. The zero-order chi connectivity index (χ0) is 19.1. The third-order valence-electron chi connectivity index (χ3n) is 5.20. The molecule has 3 rings (SSSR count). The van der Waals surface area contributed by atoms with Crippen LogP contribution >= 0.6 is 11.3 Å². The van der Waals surface area contributed by atoms with Gasteiger partial charge in [-0.15, -0.1) is 11.3 Å². The predicted octanol–water partition coefficient (Wildman–Crippen LogP) is 3.10. The van der Waals surface area contributed by atoms with Crippen molar-refractivity contribution in [2.24, 2.45) is 5.41 Å². The van der Waals surface area contributed by atoms with Gasteiger partial charge in [0.2, 0.25) is 0 Å². The lowest BCUT2D eigenvalue weighted by molar-refractivity contribution is -0.190. The quantitative estimate of drug-likeness (QED) is 0.801. The Balaban J connectivity index is 1.86. The first-order chi connectivity index (χ1) is 12.2. The Bertz CT molecular complexity index is 827. The van der Waals surface area contributed by atoms with Crippen LogP contribution in [0.15, 0.2) is 22.8 Å². The van der Waals surface area contributed by atoms with E-state index in [4.69, 9.17) is 9.15 Å². The van der Waals surface area contributed by atoms with Crippen molar-refractivity contribution in [2.75, 3.05) is 6.61 Å². The van der Waals surface area contributed by atoms with Crippen LogP contribution < -0.4 is 5.32 Å². The Kier molecular flexibility index (Phi) is 4.66. The molecule has 2 aromatic rings. The van der Waals surface area contributed by atoms with Gasteiger partial charge in [0.05, 0.1) is 12.4 Å². The molecule has 2 unspecified atom stereocenters. The fourth-order valence-electron chi connectivity index (χ4n) is 3.40. The van der Waals surface area contributed by atoms with Crippen LogP contribution in [0.4, 0.5) is 0 Å². The van der Waals surface area contributed by atoms with Gasteiger partial charge in [-0.25, -0.2) is 9.78 Å². The van der Waals surface area contributed by atoms with Crippen LogP contribution in [0.3, 0.4) is 0 Å². The van der Waals surface area contributed by atoms with Crippen molar-refractivity contribution < 1.29 is 23.8 Å². The number of carbonyl (C=O) groups is 2. The maximum atomic E-state index is 12.8. The summed E-state index contributed by atoms with van der Waals surface area (Å²) in [4.78, 5) is 29.9. The van der Waals surface area contributed by atoms with E-state index in [9.17, 15) is 14.7 Å². The van der Waals surface area contributed by atoms with Gasteiger partial charge < -0.3 is 19.6 Å². The zero-order valence-electron chi connectivity index (χ0n) is 15.2. The number of thiazole rings is 1. The summed E-state index contributed by atoms with van der Waals surface area (Å²) in [5, 5.41) is 13.1. The zero-order valence-corrected chi connectivity index (χ0v) is 16.0. The third kappa shape index (κ3) is 2.73. The van der Waals surface area contributed by atoms with E-state index in [0.29, 0.717) is 22.3 Å². The molecular formula is C18H22N2O5S. The molecule has 0 saturated heterocycles. The molecule has 8 heteroatoms. The number of carbonyl (C=O) groups excluding carboxylic acids is 1. The number of furan rings is 1. The molecule has 2 N–H and O–H groups in total. The molecule has 1 saturated carbocycles. The largest absolute Gasteiger partial charge is 0.479 e. The van der Waals surface area contributed by atoms with Gasteiger partial charge in [-0.2, -0.15) is 0 Å². The van der Waals surface area contributed by atoms with Crippen LogP contribution in [0, 0.1) is 12.3 Å². The molecule has 1 aliphatic rings. The Labute approximate surface area is 155 Å². The number of ether oxygens (including phenoxy) is 1. The second-order valence-corrected chi connectivity index (χ2v) is 8.14. The molecular weight excluding hydrogens is 356 g/mol. The van der Waals surface area contributed by atoms with Crippen LogP contribution in [0.25, 0.3) is 10.8 Å². The molecule has 0 spiro atoms. The van der Waals surface area contributed by atoms with Crippen molar-refractivity contribution in [3.63, 3.8) is 0 Å². The number of hydrogen-bond acceptors (Lipinski definition) is 6. The molecule has 0 aromatic carbocycles. The predicted molar refractivity (Wildman–Crippen MR) is 96.2 cm³/mol. The average Bonchev–Trinajstić information content (AvgIpc) is 3.22. The summed E-state index contributed by atoms with van der Waals surface area (Å²) in [6.45, 7) is 7.74. The number of aliphatic carboxylic acids is 1. The van der Waals surface area contributed by atoms with Crippen molar-refractivity contribution in [3.8, 4) is 10.8 Å². The van der Waals surface area contributed by atoms with Crippen LogP contribution in [0.2, 0.25) is 0 Å². The molecule has 2 heterocycles. The molecule has 1 aliphatic carbocycles. The summed E-state index contributed by atoms with van der Waals surface area (Å²) < 4.78 is 10.9. The monoisotopic (exact) mass is 378 g/mol. The van der Waals surface area contributed by atoms with Crippen molar-refractivity contribution in [1.82, 2.24) is 10.3 Å². The normalized spacial score (nSPS) is 24.1. The van der Waals surface area contributed by atoms with E-state index < -0.39 is 22.8 Å². The van der Waals surface area contributed by atoms with Gasteiger partial charge in [0, 0.05) is 23.3 Å². The first-order valence-electron chi connectivity index (χ1n) is 8.41. The van der Waals surface area contributed by atoms with Crippen LogP contribution in [-0.4, -0.2) is 40.2 Å². The number of amides is 1. The Morgan fingerprint density at radius 2 is 2.23 bits per heavy atom. The molecule has 0 bridgehead atoms. The van der Waals surface area contributed by atoms with E-state index in [2.05, 4.69) is 10.3 Å². The minimum atomic E-state index is -1.38. The lowest BCUT2D eigenvalue weighted by atomic mass is 9.54. The van der Waals surface area contributed by atoms with Gasteiger partial charge in [0.15, 0.2) is 10.8 Å². The molecule has 26 heavy (non-hydrogen) atoms. The Morgan fingerprint density at radius 3 is 2.77 bits per heavy atom. The van der Waals surface area contributed by atoms with Crippen molar-refractivity contribution in [3.05, 3.63) is 29.0 Å². The summed E-state index contributed by atoms with van der Waals surface area (Å²) in [5.41, 5.74) is -1.90. The molecule has 0 aliphatic heterocycles. The first-order valence-corrected chi connectivity index (χ1v) is 9.23. The smallest absolute Gasteiger partial charge is 0.330 e. The van der Waals surface area contributed by atoms with Gasteiger partial charge >= 0.3 is 5.97 Å². The van der Waals surface area contributed by atoms with E-state index in [0.717, 1.165) is 0 Å².